The number of methoxy groups -OCH3 is 1. The van der Waals surface area contributed by atoms with Crippen molar-refractivity contribution < 1.29 is 22.7 Å². The lowest BCUT2D eigenvalue weighted by atomic mass is 10.1. The number of rotatable bonds is 11. The summed E-state index contributed by atoms with van der Waals surface area (Å²) < 4.78 is 44.8. The lowest BCUT2D eigenvalue weighted by molar-refractivity contribution is -0.137. The fourth-order valence-corrected chi connectivity index (χ4v) is 4.32. The summed E-state index contributed by atoms with van der Waals surface area (Å²) in [4.78, 5) is 18.9. The predicted molar refractivity (Wildman–Crippen MR) is 131 cm³/mol. The van der Waals surface area contributed by atoms with Gasteiger partial charge >= 0.3 is 6.18 Å². The van der Waals surface area contributed by atoms with Gasteiger partial charge in [-0.05, 0) is 41.7 Å². The minimum atomic E-state index is -4.40. The molecule has 1 N–H and O–H groups in total. The van der Waals surface area contributed by atoms with E-state index >= 15 is 0 Å². The number of ether oxygens (including phenoxy) is 1. The first kappa shape index (κ1) is 26.7. The molecule has 0 radical (unpaired) electrons. The van der Waals surface area contributed by atoms with Crippen molar-refractivity contribution in [2.24, 2.45) is 5.92 Å². The van der Waals surface area contributed by atoms with Gasteiger partial charge < -0.3 is 10.1 Å². The Bertz CT molecular complexity index is 1100. The maximum absolute atomic E-state index is 13.2. The number of hydrogen-bond donors (Lipinski definition) is 1. The van der Waals surface area contributed by atoms with Crippen LogP contribution < -0.4 is 10.1 Å². The highest BCUT2D eigenvalue weighted by Crippen LogP contribution is 2.30. The van der Waals surface area contributed by atoms with E-state index in [4.69, 9.17) is 4.74 Å². The number of benzene rings is 2. The Hall–Kier alpha value is -2.91. The molecule has 35 heavy (non-hydrogen) atoms. The molecule has 0 aliphatic carbocycles. The van der Waals surface area contributed by atoms with Crippen molar-refractivity contribution in [2.75, 3.05) is 13.7 Å². The molecular weight excluding hydrogens is 475 g/mol. The van der Waals surface area contributed by atoms with Crippen LogP contribution in [0.5, 0.6) is 5.75 Å². The van der Waals surface area contributed by atoms with Gasteiger partial charge in [-0.2, -0.15) is 13.2 Å². The van der Waals surface area contributed by atoms with Crippen LogP contribution in [0.15, 0.2) is 53.9 Å². The van der Waals surface area contributed by atoms with Crippen LogP contribution in [0.3, 0.4) is 0 Å². The first-order chi connectivity index (χ1) is 16.6. The highest BCUT2D eigenvalue weighted by atomic mass is 32.1. The quantitative estimate of drug-likeness (QED) is 0.340. The number of carbonyl (C=O) groups is 1. The number of carbonyl (C=O) groups excluding carboxylic acids is 1. The van der Waals surface area contributed by atoms with E-state index in [-0.39, 0.29) is 5.91 Å². The average Bonchev–Trinajstić information content (AvgIpc) is 3.27. The van der Waals surface area contributed by atoms with Gasteiger partial charge in [0.15, 0.2) is 0 Å². The Morgan fingerprint density at radius 3 is 2.46 bits per heavy atom. The molecule has 0 fully saturated rings. The first-order valence-electron chi connectivity index (χ1n) is 11.4. The van der Waals surface area contributed by atoms with Gasteiger partial charge in [0, 0.05) is 25.0 Å². The minimum absolute atomic E-state index is 0.215. The SMILES string of the molecule is COc1ccc(CN(Cc2cccc(C(F)(F)F)c2)Cc2nc(C(=O)NCCC(C)C)cs2)cc1. The molecule has 0 bridgehead atoms. The third kappa shape index (κ3) is 8.36. The second-order valence-corrected chi connectivity index (χ2v) is 9.70. The minimum Gasteiger partial charge on any atom is -0.497 e. The molecule has 1 aromatic heterocycles. The topological polar surface area (TPSA) is 54.5 Å². The van der Waals surface area contributed by atoms with Crippen LogP contribution in [0.1, 0.15) is 52.5 Å². The Kier molecular flexibility index (Phi) is 9.28. The summed E-state index contributed by atoms with van der Waals surface area (Å²) >= 11 is 1.37. The molecule has 3 rings (SSSR count). The van der Waals surface area contributed by atoms with Crippen molar-refractivity contribution in [3.63, 3.8) is 0 Å². The number of nitrogens with one attached hydrogen (secondary N) is 1. The zero-order chi connectivity index (χ0) is 25.4. The molecule has 0 saturated carbocycles. The number of halogens is 3. The third-order valence-electron chi connectivity index (χ3n) is 5.38. The largest absolute Gasteiger partial charge is 0.497 e. The van der Waals surface area contributed by atoms with E-state index in [2.05, 4.69) is 24.1 Å². The molecule has 1 heterocycles. The fourth-order valence-electron chi connectivity index (χ4n) is 3.51. The molecule has 0 atom stereocenters. The smallest absolute Gasteiger partial charge is 0.416 e. The molecule has 9 heteroatoms. The first-order valence-corrected chi connectivity index (χ1v) is 12.3. The Labute approximate surface area is 208 Å². The molecule has 0 unspecified atom stereocenters. The Morgan fingerprint density at radius 2 is 1.80 bits per heavy atom. The number of aromatic nitrogens is 1. The van der Waals surface area contributed by atoms with Crippen molar-refractivity contribution in [3.8, 4) is 5.75 Å². The van der Waals surface area contributed by atoms with E-state index in [1.807, 2.05) is 29.2 Å². The molecule has 3 aromatic rings. The van der Waals surface area contributed by atoms with Gasteiger partial charge in [0.1, 0.15) is 16.5 Å². The van der Waals surface area contributed by atoms with Crippen molar-refractivity contribution in [1.29, 1.82) is 0 Å². The van der Waals surface area contributed by atoms with Gasteiger partial charge in [0.05, 0.1) is 19.2 Å². The van der Waals surface area contributed by atoms with Gasteiger partial charge in [-0.25, -0.2) is 4.98 Å². The summed E-state index contributed by atoms with van der Waals surface area (Å²) in [6.45, 7) is 5.96. The van der Waals surface area contributed by atoms with Gasteiger partial charge in [0.25, 0.3) is 5.91 Å². The van der Waals surface area contributed by atoms with Crippen LogP contribution >= 0.6 is 11.3 Å². The van der Waals surface area contributed by atoms with Gasteiger partial charge in [-0.1, -0.05) is 44.2 Å². The van der Waals surface area contributed by atoms with Crippen LogP contribution in [0, 0.1) is 5.92 Å². The molecule has 1 amide bonds. The monoisotopic (exact) mass is 505 g/mol. The lowest BCUT2D eigenvalue weighted by Crippen LogP contribution is -2.26. The van der Waals surface area contributed by atoms with Crippen LogP contribution in [0.25, 0.3) is 0 Å². The summed E-state index contributed by atoms with van der Waals surface area (Å²) in [5.41, 5.74) is 1.23. The second kappa shape index (κ2) is 12.2. The van der Waals surface area contributed by atoms with E-state index < -0.39 is 11.7 Å². The van der Waals surface area contributed by atoms with Gasteiger partial charge in [-0.15, -0.1) is 11.3 Å². The summed E-state index contributed by atoms with van der Waals surface area (Å²) in [7, 11) is 1.59. The molecule has 2 aromatic carbocycles. The van der Waals surface area contributed by atoms with Crippen LogP contribution in [-0.4, -0.2) is 29.4 Å². The summed E-state index contributed by atoms with van der Waals surface area (Å²) in [6, 6.07) is 12.9. The van der Waals surface area contributed by atoms with Crippen LogP contribution in [-0.2, 0) is 25.8 Å². The Balaban J connectivity index is 1.75. The molecule has 0 saturated heterocycles. The van der Waals surface area contributed by atoms with E-state index in [0.29, 0.717) is 43.4 Å². The number of nitrogens with zero attached hydrogens (tertiary/aromatic N) is 2. The molecule has 0 aliphatic heterocycles. The number of amides is 1. The average molecular weight is 506 g/mol. The third-order valence-corrected chi connectivity index (χ3v) is 6.21. The number of thiazole rings is 1. The van der Waals surface area contributed by atoms with E-state index in [9.17, 15) is 18.0 Å². The summed E-state index contributed by atoms with van der Waals surface area (Å²) in [5, 5.41) is 5.32. The van der Waals surface area contributed by atoms with Crippen molar-refractivity contribution >= 4 is 17.2 Å². The highest BCUT2D eigenvalue weighted by molar-refractivity contribution is 7.09. The standard InChI is InChI=1S/C26H30F3N3O2S/c1-18(2)11-12-30-25(33)23-17-35-24(31-23)16-32(14-19-7-9-22(34-3)10-8-19)15-20-5-4-6-21(13-20)26(27,28)29/h4-10,13,17-18H,11-12,14-16H2,1-3H3,(H,30,33). The summed E-state index contributed by atoms with van der Waals surface area (Å²) in [5.74, 6) is 1.00. The normalized spacial score (nSPS) is 11.8. The number of hydrogen-bond acceptors (Lipinski definition) is 5. The van der Waals surface area contributed by atoms with Gasteiger partial charge in [-0.3, -0.25) is 9.69 Å². The summed E-state index contributed by atoms with van der Waals surface area (Å²) in [6.07, 6.45) is -3.51. The zero-order valence-electron chi connectivity index (χ0n) is 20.1. The van der Waals surface area contributed by atoms with E-state index in [1.165, 1.54) is 23.5 Å². The second-order valence-electron chi connectivity index (χ2n) is 8.76. The van der Waals surface area contributed by atoms with Crippen molar-refractivity contribution in [2.45, 2.75) is 46.1 Å². The van der Waals surface area contributed by atoms with E-state index in [0.717, 1.165) is 28.8 Å². The molecule has 0 spiro atoms. The predicted octanol–water partition coefficient (Wildman–Crippen LogP) is 6.15. The molecular formula is C26H30F3N3O2S. The van der Waals surface area contributed by atoms with Crippen LogP contribution in [0.4, 0.5) is 13.2 Å². The van der Waals surface area contributed by atoms with Crippen molar-refractivity contribution in [1.82, 2.24) is 15.2 Å². The lowest BCUT2D eigenvalue weighted by Gasteiger charge is -2.22. The molecule has 5 nitrogen and oxygen atoms in total. The fraction of sp³-hybridized carbons (Fsp3) is 0.385. The zero-order valence-corrected chi connectivity index (χ0v) is 20.9. The Morgan fingerprint density at radius 1 is 1.09 bits per heavy atom. The number of alkyl halides is 3. The van der Waals surface area contributed by atoms with Crippen molar-refractivity contribution in [3.05, 3.63) is 81.3 Å². The molecule has 188 valence electrons. The highest BCUT2D eigenvalue weighted by Gasteiger charge is 2.30. The maximum Gasteiger partial charge on any atom is 0.416 e. The van der Waals surface area contributed by atoms with Gasteiger partial charge in [0.2, 0.25) is 0 Å². The molecule has 0 aliphatic rings. The van der Waals surface area contributed by atoms with E-state index in [1.54, 1.807) is 18.6 Å². The maximum atomic E-state index is 13.2. The van der Waals surface area contributed by atoms with Crippen LogP contribution in [0.2, 0.25) is 0 Å².